The van der Waals surface area contributed by atoms with Crippen molar-refractivity contribution in [1.29, 1.82) is 0 Å². The molecule has 17 nitrogen and oxygen atoms in total. The number of phosphoric acid groups is 2. The maximum Gasteiger partial charge on any atom is 0.472 e. The smallest absolute Gasteiger partial charge is 0.462 e. The van der Waals surface area contributed by atoms with Crippen molar-refractivity contribution in [1.82, 2.24) is 0 Å². The highest BCUT2D eigenvalue weighted by molar-refractivity contribution is 7.47. The lowest BCUT2D eigenvalue weighted by molar-refractivity contribution is -0.161. The summed E-state index contributed by atoms with van der Waals surface area (Å²) in [6.45, 7) is 14.3. The second kappa shape index (κ2) is 72.0. The van der Waals surface area contributed by atoms with Gasteiger partial charge in [-0.25, -0.2) is 9.13 Å². The zero-order chi connectivity index (χ0) is 75.3. The van der Waals surface area contributed by atoms with E-state index in [9.17, 15) is 43.2 Å². The molecule has 19 heteroatoms. The van der Waals surface area contributed by atoms with Crippen molar-refractivity contribution >= 4 is 39.5 Å². The minimum atomic E-state index is -4.96. The van der Waals surface area contributed by atoms with Crippen LogP contribution in [-0.2, 0) is 65.4 Å². The minimum absolute atomic E-state index is 0.105. The van der Waals surface area contributed by atoms with Gasteiger partial charge in [-0.05, 0) is 49.4 Å². The molecule has 0 aromatic rings. The lowest BCUT2D eigenvalue weighted by atomic mass is 9.99. The van der Waals surface area contributed by atoms with Gasteiger partial charge < -0.3 is 33.8 Å². The second-order valence-corrected chi connectivity index (χ2v) is 34.2. The van der Waals surface area contributed by atoms with Crippen LogP contribution in [0.5, 0.6) is 0 Å². The van der Waals surface area contributed by atoms with Gasteiger partial charge in [0, 0.05) is 25.7 Å². The molecule has 0 aromatic heterocycles. The van der Waals surface area contributed by atoms with E-state index in [0.29, 0.717) is 31.6 Å². The third-order valence-electron chi connectivity index (χ3n) is 20.0. The molecule has 102 heavy (non-hydrogen) atoms. The fraction of sp³-hybridized carbons (Fsp3) is 0.952. The van der Waals surface area contributed by atoms with Gasteiger partial charge in [-0.1, -0.05) is 376 Å². The highest BCUT2D eigenvalue weighted by atomic mass is 31.2. The van der Waals surface area contributed by atoms with Crippen LogP contribution < -0.4 is 0 Å². The van der Waals surface area contributed by atoms with E-state index >= 15 is 0 Å². The number of phosphoric ester groups is 2. The molecule has 0 amide bonds. The van der Waals surface area contributed by atoms with Crippen LogP contribution in [0.2, 0.25) is 0 Å². The van der Waals surface area contributed by atoms with Gasteiger partial charge in [0.05, 0.1) is 26.4 Å². The van der Waals surface area contributed by atoms with E-state index in [1.807, 2.05) is 0 Å². The summed E-state index contributed by atoms with van der Waals surface area (Å²) in [5.74, 6) is 1.02. The number of unbranched alkanes of at least 4 members (excludes halogenated alkanes) is 44. The molecule has 0 aliphatic carbocycles. The average Bonchev–Trinajstić information content (AvgIpc) is 0.906. The number of aliphatic hydroxyl groups is 1. The van der Waals surface area contributed by atoms with Crippen LogP contribution in [-0.4, -0.2) is 96.7 Å². The molecular weight excluding hydrogens is 1330 g/mol. The summed E-state index contributed by atoms with van der Waals surface area (Å²) in [7, 11) is -9.92. The zero-order valence-corrected chi connectivity index (χ0v) is 69.0. The first-order valence-corrected chi connectivity index (χ1v) is 45.8. The Morgan fingerprint density at radius 1 is 0.275 bits per heavy atom. The summed E-state index contributed by atoms with van der Waals surface area (Å²) < 4.78 is 68.7. The van der Waals surface area contributed by atoms with Crippen LogP contribution in [0.15, 0.2) is 0 Å². The lowest BCUT2D eigenvalue weighted by Gasteiger charge is -2.21. The molecular formula is C83H162O17P2. The molecule has 0 saturated carbocycles. The standard InChI is InChI=1S/C83H162O17P2/c1-9-75(7)61-53-45-37-30-26-22-18-13-11-12-14-19-23-27-31-38-47-55-63-80(85)93-69-78(100-83(88)66-58-50-40-34-33-36-44-52-60-74(5)6)71-97-101(89,90)95-67-77(84)68-96-102(91,92)98-72-79(70-94-81(86)64-56-48-42-41-46-54-62-76(8)10-2)99-82(87)65-57-49-39-32-28-24-20-16-15-17-21-25-29-35-43-51-59-73(3)4/h73-79,84H,9-72H2,1-8H3,(H,89,90)(H,91,92)/t75?,76?,77-,78-,79-/m1/s1. The maximum absolute atomic E-state index is 13.1. The molecule has 7 atom stereocenters. The molecule has 0 radical (unpaired) electrons. The van der Waals surface area contributed by atoms with Crippen LogP contribution in [0.4, 0.5) is 0 Å². The van der Waals surface area contributed by atoms with Crippen molar-refractivity contribution < 1.29 is 80.2 Å². The highest BCUT2D eigenvalue weighted by Crippen LogP contribution is 2.45. The molecule has 0 aliphatic rings. The summed E-state index contributed by atoms with van der Waals surface area (Å²) in [4.78, 5) is 73.0. The molecule has 0 bridgehead atoms. The Bertz CT molecular complexity index is 1990. The fourth-order valence-electron chi connectivity index (χ4n) is 12.7. The Hall–Kier alpha value is -1.94. The van der Waals surface area contributed by atoms with E-state index in [2.05, 4.69) is 55.4 Å². The van der Waals surface area contributed by atoms with Gasteiger partial charge in [-0.15, -0.1) is 0 Å². The van der Waals surface area contributed by atoms with Gasteiger partial charge in [0.25, 0.3) is 0 Å². The number of ether oxygens (including phenoxy) is 4. The predicted octanol–water partition coefficient (Wildman–Crippen LogP) is 24.8. The van der Waals surface area contributed by atoms with Crippen LogP contribution in [0, 0.1) is 23.7 Å². The van der Waals surface area contributed by atoms with E-state index in [4.69, 9.17) is 37.0 Å². The summed E-state index contributed by atoms with van der Waals surface area (Å²) in [6.07, 6.45) is 59.9. The van der Waals surface area contributed by atoms with E-state index in [1.165, 1.54) is 225 Å². The normalized spacial score (nSPS) is 14.5. The predicted molar refractivity (Wildman–Crippen MR) is 418 cm³/mol. The maximum atomic E-state index is 13.1. The SMILES string of the molecule is CCC(C)CCCCCCCCCCCCCCCCCCCCC(=O)OC[C@H](COP(=O)(O)OC[C@@H](O)COP(=O)(O)OC[C@@H](COC(=O)CCCCCCCCC(C)CC)OC(=O)CCCCCCCCCCCCCCCCCCC(C)C)OC(=O)CCCCCCCCCCC(C)C. The van der Waals surface area contributed by atoms with Crippen LogP contribution in [0.25, 0.3) is 0 Å². The fourth-order valence-corrected chi connectivity index (χ4v) is 14.3. The van der Waals surface area contributed by atoms with Gasteiger partial charge in [0.15, 0.2) is 12.2 Å². The Balaban J connectivity index is 5.14. The summed E-state index contributed by atoms with van der Waals surface area (Å²) in [5, 5.41) is 10.6. The highest BCUT2D eigenvalue weighted by Gasteiger charge is 2.30. The number of carbonyl (C=O) groups is 4. The molecule has 0 aromatic carbocycles. The topological polar surface area (TPSA) is 237 Å². The molecule has 0 heterocycles. The average molecular weight is 1490 g/mol. The molecule has 0 fully saturated rings. The monoisotopic (exact) mass is 1490 g/mol. The number of esters is 4. The van der Waals surface area contributed by atoms with Crippen molar-refractivity contribution in [2.45, 2.75) is 446 Å². The molecule has 0 saturated heterocycles. The zero-order valence-electron chi connectivity index (χ0n) is 67.2. The van der Waals surface area contributed by atoms with Crippen LogP contribution >= 0.6 is 15.6 Å². The number of rotatable bonds is 80. The molecule has 3 N–H and O–H groups in total. The van der Waals surface area contributed by atoms with Crippen molar-refractivity contribution in [3.05, 3.63) is 0 Å². The first-order valence-electron chi connectivity index (χ1n) is 42.8. The van der Waals surface area contributed by atoms with Gasteiger partial charge in [0.2, 0.25) is 0 Å². The molecule has 0 spiro atoms. The first-order chi connectivity index (χ1) is 49.2. The lowest BCUT2D eigenvalue weighted by Crippen LogP contribution is -2.30. The second-order valence-electron chi connectivity index (χ2n) is 31.3. The summed E-state index contributed by atoms with van der Waals surface area (Å²) in [5.41, 5.74) is 0. The van der Waals surface area contributed by atoms with Crippen molar-refractivity contribution in [3.8, 4) is 0 Å². The Kier molecular flexibility index (Phi) is 70.6. The summed E-state index contributed by atoms with van der Waals surface area (Å²) >= 11 is 0. The summed E-state index contributed by atoms with van der Waals surface area (Å²) in [6, 6.07) is 0. The third kappa shape index (κ3) is 73.6. The van der Waals surface area contributed by atoms with Crippen molar-refractivity contribution in [3.63, 3.8) is 0 Å². The number of aliphatic hydroxyl groups excluding tert-OH is 1. The largest absolute Gasteiger partial charge is 0.472 e. The van der Waals surface area contributed by atoms with Crippen molar-refractivity contribution in [2.24, 2.45) is 23.7 Å². The Morgan fingerprint density at radius 2 is 0.471 bits per heavy atom. The first kappa shape index (κ1) is 100. The van der Waals surface area contributed by atoms with Gasteiger partial charge in [-0.2, -0.15) is 0 Å². The van der Waals surface area contributed by atoms with E-state index in [-0.39, 0.29) is 25.7 Å². The molecule has 0 rings (SSSR count). The third-order valence-corrected chi connectivity index (χ3v) is 21.9. The van der Waals surface area contributed by atoms with E-state index in [0.717, 1.165) is 114 Å². The van der Waals surface area contributed by atoms with Crippen LogP contribution in [0.1, 0.15) is 428 Å². The van der Waals surface area contributed by atoms with Gasteiger partial charge in [0.1, 0.15) is 19.3 Å². The van der Waals surface area contributed by atoms with E-state index in [1.54, 1.807) is 0 Å². The molecule has 0 aliphatic heterocycles. The number of carbonyl (C=O) groups excluding carboxylic acids is 4. The quantitative estimate of drug-likeness (QED) is 0.0222. The minimum Gasteiger partial charge on any atom is -0.462 e. The number of hydrogen-bond acceptors (Lipinski definition) is 15. The van der Waals surface area contributed by atoms with Gasteiger partial charge >= 0.3 is 39.5 Å². The molecule has 606 valence electrons. The van der Waals surface area contributed by atoms with Crippen molar-refractivity contribution in [2.75, 3.05) is 39.6 Å². The van der Waals surface area contributed by atoms with Gasteiger partial charge in [-0.3, -0.25) is 37.3 Å². The number of hydrogen-bond donors (Lipinski definition) is 3. The Morgan fingerprint density at radius 3 is 0.696 bits per heavy atom. The Labute approximate surface area is 626 Å². The molecule has 4 unspecified atom stereocenters. The van der Waals surface area contributed by atoms with E-state index < -0.39 is 97.5 Å². The van der Waals surface area contributed by atoms with Crippen LogP contribution in [0.3, 0.4) is 0 Å².